The molecule has 0 fully saturated rings. The first-order chi connectivity index (χ1) is 14.2. The largest absolute Gasteiger partial charge is 0.497 e. The third-order valence-corrected chi connectivity index (χ3v) is 5.47. The summed E-state index contributed by atoms with van der Waals surface area (Å²) in [6.07, 6.45) is 0. The molecule has 0 aliphatic rings. The number of ether oxygens (including phenoxy) is 1. The Balaban J connectivity index is 1.53. The normalized spacial score (nSPS) is 11.2. The number of thioether (sulfide) groups is 1. The molecule has 2 heterocycles. The van der Waals surface area contributed by atoms with Crippen LogP contribution in [0.2, 0.25) is 0 Å². The van der Waals surface area contributed by atoms with Crippen LogP contribution in [0.25, 0.3) is 22.7 Å². The quantitative estimate of drug-likeness (QED) is 0.379. The van der Waals surface area contributed by atoms with E-state index < -0.39 is 0 Å². The molecule has 0 N–H and O–H groups in total. The number of rotatable bonds is 7. The van der Waals surface area contributed by atoms with E-state index in [9.17, 15) is 0 Å². The molecule has 0 aliphatic carbocycles. The fraction of sp³-hybridized carbons (Fsp3) is 0.227. The Hall–Kier alpha value is -3.06. The summed E-state index contributed by atoms with van der Waals surface area (Å²) in [5.41, 5.74) is 2.90. The molecular weight excluding hydrogens is 384 g/mol. The van der Waals surface area contributed by atoms with Crippen LogP contribution in [-0.2, 0) is 5.75 Å². The fourth-order valence-corrected chi connectivity index (χ4v) is 3.98. The van der Waals surface area contributed by atoms with E-state index in [1.54, 1.807) is 18.9 Å². The molecule has 6 nitrogen and oxygen atoms in total. The molecule has 4 aromatic rings. The molecule has 4 rings (SSSR count). The van der Waals surface area contributed by atoms with Crippen LogP contribution in [0.15, 0.2) is 70.3 Å². The topological polar surface area (TPSA) is 66.0 Å². The number of aromatic nitrogens is 4. The molecule has 0 aliphatic heterocycles. The summed E-state index contributed by atoms with van der Waals surface area (Å²) in [6.45, 7) is 4.26. The van der Waals surface area contributed by atoms with E-state index in [2.05, 4.69) is 33.8 Å². The highest BCUT2D eigenvalue weighted by atomic mass is 32.2. The third-order valence-electron chi connectivity index (χ3n) is 4.50. The molecule has 2 aromatic heterocycles. The van der Waals surface area contributed by atoms with Crippen LogP contribution >= 0.6 is 11.8 Å². The van der Waals surface area contributed by atoms with Crippen molar-refractivity contribution in [1.29, 1.82) is 0 Å². The van der Waals surface area contributed by atoms with Gasteiger partial charge in [-0.3, -0.25) is 4.57 Å². The second-order valence-electron chi connectivity index (χ2n) is 6.84. The lowest BCUT2D eigenvalue weighted by atomic mass is 10.2. The monoisotopic (exact) mass is 406 g/mol. The van der Waals surface area contributed by atoms with Crippen molar-refractivity contribution in [2.24, 2.45) is 0 Å². The molecule has 2 aromatic carbocycles. The third kappa shape index (κ3) is 4.19. The Bertz CT molecular complexity index is 1070. The van der Waals surface area contributed by atoms with E-state index in [0.717, 1.165) is 39.3 Å². The first-order valence-electron chi connectivity index (χ1n) is 9.39. The lowest BCUT2D eigenvalue weighted by Gasteiger charge is -2.13. The molecule has 0 saturated heterocycles. The maximum atomic E-state index is 5.50. The number of hydrogen-bond donors (Lipinski definition) is 0. The molecule has 0 unspecified atom stereocenters. The van der Waals surface area contributed by atoms with Crippen LogP contribution in [0.5, 0.6) is 5.75 Å². The molecule has 0 amide bonds. The number of methoxy groups -OCH3 is 1. The van der Waals surface area contributed by atoms with Crippen LogP contribution in [0.4, 0.5) is 0 Å². The Morgan fingerprint density at radius 1 is 1.00 bits per heavy atom. The van der Waals surface area contributed by atoms with Gasteiger partial charge in [0, 0.05) is 29.0 Å². The second kappa shape index (κ2) is 8.53. The minimum absolute atomic E-state index is 0.224. The fourth-order valence-electron chi connectivity index (χ4n) is 3.03. The standard InChI is InChI=1S/C22H22N4O2S/c1-15(2)26-21(17-9-11-19(27-3)12-10-17)23-24-22(26)29-14-18-13-20(28-25-18)16-7-5-4-6-8-16/h4-13,15H,14H2,1-3H3. The summed E-state index contributed by atoms with van der Waals surface area (Å²) in [4.78, 5) is 0. The summed E-state index contributed by atoms with van der Waals surface area (Å²) in [5.74, 6) is 3.09. The van der Waals surface area contributed by atoms with Gasteiger partial charge in [0.1, 0.15) is 5.75 Å². The Kier molecular flexibility index (Phi) is 5.67. The maximum Gasteiger partial charge on any atom is 0.192 e. The molecule has 29 heavy (non-hydrogen) atoms. The minimum Gasteiger partial charge on any atom is -0.497 e. The van der Waals surface area contributed by atoms with Crippen molar-refractivity contribution in [3.8, 4) is 28.5 Å². The predicted octanol–water partition coefficient (Wildman–Crippen LogP) is 5.48. The summed E-state index contributed by atoms with van der Waals surface area (Å²) < 4.78 is 12.9. The number of hydrogen-bond acceptors (Lipinski definition) is 6. The van der Waals surface area contributed by atoms with Crippen molar-refractivity contribution in [2.75, 3.05) is 7.11 Å². The van der Waals surface area contributed by atoms with Gasteiger partial charge in [0.2, 0.25) is 0 Å². The van der Waals surface area contributed by atoms with Gasteiger partial charge in [-0.25, -0.2) is 0 Å². The van der Waals surface area contributed by atoms with Crippen LogP contribution in [0.1, 0.15) is 25.6 Å². The van der Waals surface area contributed by atoms with Crippen molar-refractivity contribution in [2.45, 2.75) is 30.8 Å². The smallest absolute Gasteiger partial charge is 0.192 e. The Morgan fingerprint density at radius 3 is 2.45 bits per heavy atom. The first-order valence-corrected chi connectivity index (χ1v) is 10.4. The predicted molar refractivity (Wildman–Crippen MR) is 114 cm³/mol. The van der Waals surface area contributed by atoms with Gasteiger partial charge in [0.15, 0.2) is 16.7 Å². The SMILES string of the molecule is COc1ccc(-c2nnc(SCc3cc(-c4ccccc4)on3)n2C(C)C)cc1. The summed E-state index contributed by atoms with van der Waals surface area (Å²) in [6, 6.07) is 20.0. The molecule has 0 bridgehead atoms. The van der Waals surface area contributed by atoms with Crippen LogP contribution in [0, 0.1) is 0 Å². The van der Waals surface area contributed by atoms with Crippen molar-refractivity contribution in [3.05, 3.63) is 66.4 Å². The van der Waals surface area contributed by atoms with Crippen molar-refractivity contribution >= 4 is 11.8 Å². The van der Waals surface area contributed by atoms with Gasteiger partial charge in [-0.1, -0.05) is 47.3 Å². The molecule has 0 saturated carbocycles. The Morgan fingerprint density at radius 2 is 1.76 bits per heavy atom. The number of benzene rings is 2. The molecular formula is C22H22N4O2S. The Labute approximate surface area is 173 Å². The zero-order chi connectivity index (χ0) is 20.2. The lowest BCUT2D eigenvalue weighted by molar-refractivity contribution is 0.415. The minimum atomic E-state index is 0.224. The van der Waals surface area contributed by atoms with E-state index >= 15 is 0 Å². The van der Waals surface area contributed by atoms with Gasteiger partial charge >= 0.3 is 0 Å². The van der Waals surface area contributed by atoms with Crippen LogP contribution < -0.4 is 4.74 Å². The van der Waals surface area contributed by atoms with E-state index in [1.165, 1.54) is 0 Å². The summed E-state index contributed by atoms with van der Waals surface area (Å²) >= 11 is 1.60. The van der Waals surface area contributed by atoms with E-state index in [4.69, 9.17) is 9.26 Å². The van der Waals surface area contributed by atoms with Crippen LogP contribution in [0.3, 0.4) is 0 Å². The lowest BCUT2D eigenvalue weighted by Crippen LogP contribution is -2.05. The molecule has 148 valence electrons. The van der Waals surface area contributed by atoms with Crippen molar-refractivity contribution in [3.63, 3.8) is 0 Å². The summed E-state index contributed by atoms with van der Waals surface area (Å²) in [5, 5.41) is 13.9. The maximum absolute atomic E-state index is 5.50. The first kappa shape index (κ1) is 19.3. The second-order valence-corrected chi connectivity index (χ2v) is 7.78. The van der Waals surface area contributed by atoms with Gasteiger partial charge in [-0.05, 0) is 38.1 Å². The van der Waals surface area contributed by atoms with Gasteiger partial charge in [0.05, 0.1) is 12.8 Å². The van der Waals surface area contributed by atoms with Crippen molar-refractivity contribution in [1.82, 2.24) is 19.9 Å². The molecule has 0 radical (unpaired) electrons. The highest BCUT2D eigenvalue weighted by molar-refractivity contribution is 7.98. The number of nitrogens with zero attached hydrogens (tertiary/aromatic N) is 4. The molecule has 0 atom stereocenters. The average Bonchev–Trinajstić information content (AvgIpc) is 3.40. The average molecular weight is 407 g/mol. The zero-order valence-corrected chi connectivity index (χ0v) is 17.4. The highest BCUT2D eigenvalue weighted by Crippen LogP contribution is 2.31. The van der Waals surface area contributed by atoms with E-state index in [0.29, 0.717) is 5.75 Å². The molecule has 0 spiro atoms. The van der Waals surface area contributed by atoms with E-state index in [1.807, 2.05) is 60.7 Å². The van der Waals surface area contributed by atoms with Gasteiger partial charge in [-0.2, -0.15) is 0 Å². The van der Waals surface area contributed by atoms with Gasteiger partial charge in [-0.15, -0.1) is 10.2 Å². The van der Waals surface area contributed by atoms with Crippen LogP contribution in [-0.4, -0.2) is 27.0 Å². The van der Waals surface area contributed by atoms with Crippen molar-refractivity contribution < 1.29 is 9.26 Å². The molecule has 7 heteroatoms. The highest BCUT2D eigenvalue weighted by Gasteiger charge is 2.18. The van der Waals surface area contributed by atoms with E-state index in [-0.39, 0.29) is 6.04 Å². The zero-order valence-electron chi connectivity index (χ0n) is 16.6. The summed E-state index contributed by atoms with van der Waals surface area (Å²) in [7, 11) is 1.66. The van der Waals surface area contributed by atoms with Gasteiger partial charge in [0.25, 0.3) is 0 Å². The van der Waals surface area contributed by atoms with Gasteiger partial charge < -0.3 is 9.26 Å².